The lowest BCUT2D eigenvalue weighted by Crippen LogP contribution is -2.36. The van der Waals surface area contributed by atoms with E-state index >= 15 is 0 Å². The van der Waals surface area contributed by atoms with Crippen molar-refractivity contribution in [1.82, 2.24) is 15.0 Å². The summed E-state index contributed by atoms with van der Waals surface area (Å²) in [5.41, 5.74) is -4.16. The highest BCUT2D eigenvalue weighted by Crippen LogP contribution is 2.63. The molecule has 2 N–H and O–H groups in total. The molecule has 0 bridgehead atoms. The predicted molar refractivity (Wildman–Crippen MR) is 65.6 cm³/mol. The Balaban J connectivity index is 2.54. The number of oxime groups is 1. The summed E-state index contributed by atoms with van der Waals surface area (Å²) >= 11 is 0. The van der Waals surface area contributed by atoms with Gasteiger partial charge in [-0.1, -0.05) is 15.7 Å². The fraction of sp³-hybridized carbons (Fsp3) is 0.667. The van der Waals surface area contributed by atoms with Crippen molar-refractivity contribution in [2.45, 2.75) is 30.6 Å². The van der Waals surface area contributed by atoms with Crippen molar-refractivity contribution in [3.05, 3.63) is 11.4 Å². The highest BCUT2D eigenvalue weighted by atomic mass is 32.3. The molecule has 0 aliphatic carbocycles. The molecule has 1 aliphatic rings. The molecule has 2 rings (SSSR count). The standard InChI is InChI=1S/C9H10F6N4O3S/c1-3-4(10)7(18-22-3)23(20,21)9(14,15)6-5(8(11,12)13)16-19(2)17-6/h3-4,20-21H,1-2H3. The molecule has 0 saturated heterocycles. The van der Waals surface area contributed by atoms with Crippen molar-refractivity contribution in [2.24, 2.45) is 12.2 Å². The van der Waals surface area contributed by atoms with Crippen LogP contribution in [0.1, 0.15) is 18.3 Å². The third-order valence-corrected chi connectivity index (χ3v) is 4.66. The van der Waals surface area contributed by atoms with Gasteiger partial charge in [0.25, 0.3) is 0 Å². The molecule has 0 amide bonds. The molecule has 0 aromatic carbocycles. The fourth-order valence-corrected chi connectivity index (χ4v) is 3.03. The molecule has 2 unspecified atom stereocenters. The summed E-state index contributed by atoms with van der Waals surface area (Å²) in [7, 11) is -4.61. The monoisotopic (exact) mass is 368 g/mol. The molecular weight excluding hydrogens is 358 g/mol. The lowest BCUT2D eigenvalue weighted by atomic mass is 10.3. The summed E-state index contributed by atoms with van der Waals surface area (Å²) < 4.78 is 100.0. The van der Waals surface area contributed by atoms with E-state index in [0.717, 1.165) is 14.0 Å². The van der Waals surface area contributed by atoms with Crippen molar-refractivity contribution < 1.29 is 40.3 Å². The number of nitrogens with zero attached hydrogens (tertiary/aromatic N) is 4. The van der Waals surface area contributed by atoms with Gasteiger partial charge in [-0.15, -0.1) is 10.2 Å². The van der Waals surface area contributed by atoms with Gasteiger partial charge in [-0.2, -0.15) is 26.7 Å². The van der Waals surface area contributed by atoms with E-state index in [4.69, 9.17) is 0 Å². The number of rotatable bonds is 2. The van der Waals surface area contributed by atoms with Gasteiger partial charge in [0.1, 0.15) is 0 Å². The maximum absolute atomic E-state index is 14.3. The second kappa shape index (κ2) is 5.24. The largest absolute Gasteiger partial charge is 0.437 e. The van der Waals surface area contributed by atoms with Gasteiger partial charge in [-0.05, 0) is 6.92 Å². The minimum atomic E-state index is -5.44. The van der Waals surface area contributed by atoms with Crippen LogP contribution in [-0.2, 0) is 23.3 Å². The predicted octanol–water partition coefficient (Wildman–Crippen LogP) is 2.70. The maximum atomic E-state index is 14.3. The zero-order valence-corrected chi connectivity index (χ0v) is 12.2. The van der Waals surface area contributed by atoms with Crippen LogP contribution in [-0.4, -0.2) is 41.4 Å². The van der Waals surface area contributed by atoms with Gasteiger partial charge < -0.3 is 4.84 Å². The smallest absolute Gasteiger partial charge is 0.388 e. The number of hydrogen-bond donors (Lipinski definition) is 2. The second-order valence-corrected chi connectivity index (χ2v) is 6.62. The topological polar surface area (TPSA) is 92.8 Å². The fourth-order valence-electron chi connectivity index (χ4n) is 1.71. The Kier molecular flexibility index (Phi) is 4.06. The zero-order valence-electron chi connectivity index (χ0n) is 11.4. The molecule has 0 fully saturated rings. The van der Waals surface area contributed by atoms with E-state index in [1.807, 2.05) is 0 Å². The second-order valence-electron chi connectivity index (χ2n) is 4.59. The molecule has 2 atom stereocenters. The Bertz CT molecular complexity index is 646. The van der Waals surface area contributed by atoms with Gasteiger partial charge in [0.05, 0.1) is 0 Å². The van der Waals surface area contributed by atoms with Crippen molar-refractivity contribution in [1.29, 1.82) is 0 Å². The summed E-state index contributed by atoms with van der Waals surface area (Å²) in [4.78, 5) is 4.50. The number of aromatic nitrogens is 3. The summed E-state index contributed by atoms with van der Waals surface area (Å²) in [5, 5.41) is 1.96. The van der Waals surface area contributed by atoms with Gasteiger partial charge in [-0.3, -0.25) is 9.11 Å². The van der Waals surface area contributed by atoms with Crippen LogP contribution < -0.4 is 0 Å². The maximum Gasteiger partial charge on any atom is 0.437 e. The van der Waals surface area contributed by atoms with E-state index in [0.29, 0.717) is 0 Å². The Morgan fingerprint density at radius 2 is 1.65 bits per heavy atom. The number of aryl methyl sites for hydroxylation is 1. The highest BCUT2D eigenvalue weighted by molar-refractivity contribution is 8.37. The third kappa shape index (κ3) is 2.74. The molecule has 7 nitrogen and oxygen atoms in total. The SMILES string of the molecule is CC1ON=C(S(O)(O)C(F)(F)c2nn(C)nc2C(F)(F)F)C1F. The minimum absolute atomic E-state index is 0.185. The molecule has 1 aromatic rings. The van der Waals surface area contributed by atoms with E-state index in [9.17, 15) is 35.4 Å². The van der Waals surface area contributed by atoms with Crippen molar-refractivity contribution in [2.75, 3.05) is 0 Å². The van der Waals surface area contributed by atoms with Gasteiger partial charge in [0, 0.05) is 7.05 Å². The summed E-state index contributed by atoms with van der Waals surface area (Å²) in [6.45, 7) is 1.07. The van der Waals surface area contributed by atoms with Crippen LogP contribution in [0.15, 0.2) is 5.16 Å². The average Bonchev–Trinajstić information content (AvgIpc) is 2.94. The first-order chi connectivity index (χ1) is 10.3. The first-order valence-electron chi connectivity index (χ1n) is 5.82. The van der Waals surface area contributed by atoms with Crippen LogP contribution in [0.3, 0.4) is 0 Å². The molecule has 14 heteroatoms. The van der Waals surface area contributed by atoms with Gasteiger partial charge in [0.2, 0.25) is 5.04 Å². The number of halogens is 6. The van der Waals surface area contributed by atoms with Crippen molar-refractivity contribution in [3.63, 3.8) is 0 Å². The molecule has 0 saturated carbocycles. The zero-order chi connectivity index (χ0) is 17.8. The quantitative estimate of drug-likeness (QED) is 0.783. The van der Waals surface area contributed by atoms with Crippen LogP contribution in [0, 0.1) is 0 Å². The van der Waals surface area contributed by atoms with E-state index in [2.05, 4.69) is 20.2 Å². The van der Waals surface area contributed by atoms with Gasteiger partial charge in [-0.25, -0.2) is 4.39 Å². The summed E-state index contributed by atoms with van der Waals surface area (Å²) in [5.74, 6) is 0. The normalized spacial score (nSPS) is 23.7. The van der Waals surface area contributed by atoms with E-state index in [-0.39, 0.29) is 4.80 Å². The molecule has 2 heterocycles. The van der Waals surface area contributed by atoms with E-state index < -0.39 is 50.7 Å². The van der Waals surface area contributed by atoms with Crippen molar-refractivity contribution in [3.8, 4) is 0 Å². The van der Waals surface area contributed by atoms with Gasteiger partial charge >= 0.3 is 11.4 Å². The highest BCUT2D eigenvalue weighted by Gasteiger charge is 2.60. The number of hydrogen-bond acceptors (Lipinski definition) is 6. The molecule has 0 spiro atoms. The van der Waals surface area contributed by atoms with Crippen LogP contribution in [0.4, 0.5) is 26.3 Å². The lowest BCUT2D eigenvalue weighted by Gasteiger charge is -2.37. The van der Waals surface area contributed by atoms with E-state index in [1.165, 1.54) is 0 Å². The number of alkyl halides is 6. The first-order valence-corrected chi connectivity index (χ1v) is 7.37. The third-order valence-electron chi connectivity index (χ3n) is 2.86. The Morgan fingerprint density at radius 3 is 2.09 bits per heavy atom. The Hall–Kier alpha value is -1.54. The summed E-state index contributed by atoms with van der Waals surface area (Å²) in [6, 6.07) is 0. The molecule has 23 heavy (non-hydrogen) atoms. The van der Waals surface area contributed by atoms with Crippen LogP contribution in [0.25, 0.3) is 0 Å². The Morgan fingerprint density at radius 1 is 1.13 bits per heavy atom. The first kappa shape index (κ1) is 17.8. The summed E-state index contributed by atoms with van der Waals surface area (Å²) in [6.07, 6.45) is -9.15. The van der Waals surface area contributed by atoms with Crippen LogP contribution in [0.5, 0.6) is 0 Å². The average molecular weight is 368 g/mol. The molecule has 132 valence electrons. The molecule has 1 aromatic heterocycles. The molecule has 0 radical (unpaired) electrons. The lowest BCUT2D eigenvalue weighted by molar-refractivity contribution is -0.144. The van der Waals surface area contributed by atoms with Crippen molar-refractivity contribution >= 4 is 15.6 Å². The molecule has 1 aliphatic heterocycles. The van der Waals surface area contributed by atoms with E-state index in [1.54, 1.807) is 0 Å². The van der Waals surface area contributed by atoms with Gasteiger partial charge in [0.15, 0.2) is 23.7 Å². The van der Waals surface area contributed by atoms with Crippen LogP contribution in [0.2, 0.25) is 0 Å². The van der Waals surface area contributed by atoms with Crippen LogP contribution >= 0.6 is 10.6 Å². The Labute approximate surface area is 126 Å². The minimum Gasteiger partial charge on any atom is -0.388 e. The molecular formula is C9H10F6N4O3S.